The number of anilines is 1. The van der Waals surface area contributed by atoms with Gasteiger partial charge in [-0.15, -0.1) is 0 Å². The smallest absolute Gasteiger partial charge is 0.129 e. The molecule has 0 atom stereocenters. The first-order valence-corrected chi connectivity index (χ1v) is 6.99. The van der Waals surface area contributed by atoms with Crippen LogP contribution in [0.15, 0.2) is 12.4 Å². The fourth-order valence-electron chi connectivity index (χ4n) is 1.63. The predicted octanol–water partition coefficient (Wildman–Crippen LogP) is 3.05. The zero-order valence-electron chi connectivity index (χ0n) is 11.6. The van der Waals surface area contributed by atoms with Gasteiger partial charge in [0, 0.05) is 31.5 Å². The Morgan fingerprint density at radius 3 is 2.72 bits per heavy atom. The highest BCUT2D eigenvalue weighted by Crippen LogP contribution is 2.05. The normalized spacial score (nSPS) is 10.6. The molecule has 0 radical (unpaired) electrons. The largest absolute Gasteiger partial charge is 0.381 e. The van der Waals surface area contributed by atoms with E-state index in [1.54, 1.807) is 6.33 Å². The van der Waals surface area contributed by atoms with Gasteiger partial charge in [-0.1, -0.05) is 26.7 Å². The van der Waals surface area contributed by atoms with Crippen LogP contribution in [0.5, 0.6) is 0 Å². The zero-order chi connectivity index (χ0) is 13.1. The van der Waals surface area contributed by atoms with Gasteiger partial charge in [-0.05, 0) is 19.3 Å². The molecule has 1 aromatic rings. The summed E-state index contributed by atoms with van der Waals surface area (Å²) in [7, 11) is 0. The van der Waals surface area contributed by atoms with Gasteiger partial charge >= 0.3 is 0 Å². The van der Waals surface area contributed by atoms with Crippen LogP contribution < -0.4 is 5.32 Å². The molecule has 0 saturated carbocycles. The number of nitrogens with zero attached hydrogens (tertiary/aromatic N) is 2. The highest BCUT2D eigenvalue weighted by Gasteiger charge is 1.97. The van der Waals surface area contributed by atoms with Crippen molar-refractivity contribution in [2.75, 3.05) is 25.1 Å². The number of hydrogen-bond acceptors (Lipinski definition) is 4. The first-order chi connectivity index (χ1) is 8.86. The number of unbranched alkanes of at least 4 members (excludes halogenated alkanes) is 1. The highest BCUT2D eigenvalue weighted by atomic mass is 16.5. The summed E-state index contributed by atoms with van der Waals surface area (Å²) in [6.07, 6.45) is 7.11. The molecular weight excluding hydrogens is 226 g/mol. The topological polar surface area (TPSA) is 47.0 Å². The molecule has 0 saturated heterocycles. The second kappa shape index (κ2) is 9.83. The van der Waals surface area contributed by atoms with Crippen LogP contribution >= 0.6 is 0 Å². The number of aryl methyl sites for hydroxylation is 1. The summed E-state index contributed by atoms with van der Waals surface area (Å²) >= 11 is 0. The zero-order valence-corrected chi connectivity index (χ0v) is 11.6. The molecule has 0 amide bonds. The minimum Gasteiger partial charge on any atom is -0.381 e. The predicted molar refractivity (Wildman–Crippen MR) is 74.9 cm³/mol. The van der Waals surface area contributed by atoms with Crippen LogP contribution in [-0.4, -0.2) is 29.7 Å². The van der Waals surface area contributed by atoms with Crippen LogP contribution in [0, 0.1) is 0 Å². The van der Waals surface area contributed by atoms with Crippen LogP contribution in [0.3, 0.4) is 0 Å². The lowest BCUT2D eigenvalue weighted by molar-refractivity contribution is 0.131. The summed E-state index contributed by atoms with van der Waals surface area (Å²) in [5, 5.41) is 3.30. The van der Waals surface area contributed by atoms with Crippen molar-refractivity contribution >= 4 is 5.82 Å². The molecule has 102 valence electrons. The molecule has 1 heterocycles. The lowest BCUT2D eigenvalue weighted by Crippen LogP contribution is -2.08. The Morgan fingerprint density at radius 1 is 1.11 bits per heavy atom. The van der Waals surface area contributed by atoms with Crippen LogP contribution in [-0.2, 0) is 11.2 Å². The molecule has 18 heavy (non-hydrogen) atoms. The maximum Gasteiger partial charge on any atom is 0.129 e. The van der Waals surface area contributed by atoms with E-state index < -0.39 is 0 Å². The Morgan fingerprint density at radius 2 is 1.94 bits per heavy atom. The molecule has 1 N–H and O–H groups in total. The first-order valence-electron chi connectivity index (χ1n) is 6.99. The van der Waals surface area contributed by atoms with Crippen molar-refractivity contribution in [1.82, 2.24) is 9.97 Å². The number of rotatable bonds is 10. The second-order valence-electron chi connectivity index (χ2n) is 4.39. The van der Waals surface area contributed by atoms with Crippen LogP contribution in [0.1, 0.15) is 45.2 Å². The Hall–Kier alpha value is -1.16. The minimum absolute atomic E-state index is 0.819. The lowest BCUT2D eigenvalue weighted by atomic mass is 10.2. The van der Waals surface area contributed by atoms with E-state index in [-0.39, 0.29) is 0 Å². The summed E-state index contributed by atoms with van der Waals surface area (Å²) in [6.45, 7) is 6.93. The molecule has 0 unspecified atom stereocenters. The van der Waals surface area contributed by atoms with Gasteiger partial charge < -0.3 is 10.1 Å². The number of ether oxygens (including phenoxy) is 1. The quantitative estimate of drug-likeness (QED) is 0.649. The third-order valence-corrected chi connectivity index (χ3v) is 2.64. The van der Waals surface area contributed by atoms with Gasteiger partial charge in [-0.2, -0.15) is 0 Å². The molecule has 4 heteroatoms. The molecule has 0 aromatic carbocycles. The standard InChI is InChI=1S/C14H25N3O/c1-3-5-9-18-10-6-8-15-14-11-13(7-4-2)16-12-17-14/h11-12H,3-10H2,1-2H3,(H,15,16,17). The molecule has 1 aromatic heterocycles. The third kappa shape index (κ3) is 6.55. The highest BCUT2D eigenvalue weighted by molar-refractivity contribution is 5.34. The minimum atomic E-state index is 0.819. The molecule has 0 bridgehead atoms. The molecule has 0 aliphatic heterocycles. The summed E-state index contributed by atoms with van der Waals surface area (Å²) < 4.78 is 5.50. The van der Waals surface area contributed by atoms with Gasteiger partial charge in [-0.3, -0.25) is 0 Å². The van der Waals surface area contributed by atoms with Gasteiger partial charge in [0.15, 0.2) is 0 Å². The van der Waals surface area contributed by atoms with Crippen molar-refractivity contribution in [1.29, 1.82) is 0 Å². The number of hydrogen-bond donors (Lipinski definition) is 1. The van der Waals surface area contributed by atoms with Gasteiger partial charge in [0.2, 0.25) is 0 Å². The van der Waals surface area contributed by atoms with Gasteiger partial charge in [0.1, 0.15) is 12.1 Å². The van der Waals surface area contributed by atoms with Crippen molar-refractivity contribution < 1.29 is 4.74 Å². The van der Waals surface area contributed by atoms with Crippen molar-refractivity contribution in [3.05, 3.63) is 18.1 Å². The maximum atomic E-state index is 5.50. The van der Waals surface area contributed by atoms with Crippen molar-refractivity contribution in [2.45, 2.75) is 46.0 Å². The molecule has 0 aliphatic carbocycles. The number of aromatic nitrogens is 2. The fourth-order valence-corrected chi connectivity index (χ4v) is 1.63. The number of nitrogens with one attached hydrogen (secondary N) is 1. The lowest BCUT2D eigenvalue weighted by Gasteiger charge is -2.07. The van der Waals surface area contributed by atoms with Gasteiger partial charge in [0.05, 0.1) is 0 Å². The van der Waals surface area contributed by atoms with E-state index in [1.165, 1.54) is 6.42 Å². The Labute approximate surface area is 110 Å². The van der Waals surface area contributed by atoms with E-state index in [4.69, 9.17) is 4.74 Å². The average molecular weight is 251 g/mol. The van der Waals surface area contributed by atoms with E-state index in [1.807, 2.05) is 6.07 Å². The van der Waals surface area contributed by atoms with Crippen LogP contribution in [0.25, 0.3) is 0 Å². The summed E-state index contributed by atoms with van der Waals surface area (Å²) in [5.41, 5.74) is 1.11. The van der Waals surface area contributed by atoms with E-state index in [2.05, 4.69) is 29.1 Å². The van der Waals surface area contributed by atoms with Gasteiger partial charge in [0.25, 0.3) is 0 Å². The first kappa shape index (κ1) is 14.9. The molecule has 0 spiro atoms. The molecule has 0 fully saturated rings. The molecule has 1 rings (SSSR count). The van der Waals surface area contributed by atoms with Crippen LogP contribution in [0.4, 0.5) is 5.82 Å². The summed E-state index contributed by atoms with van der Waals surface area (Å²) in [5.74, 6) is 0.919. The Bertz CT molecular complexity index is 318. The van der Waals surface area contributed by atoms with Crippen molar-refractivity contribution in [3.63, 3.8) is 0 Å². The third-order valence-electron chi connectivity index (χ3n) is 2.64. The summed E-state index contributed by atoms with van der Waals surface area (Å²) in [4.78, 5) is 8.44. The SMILES string of the molecule is CCCCOCCCNc1cc(CCC)ncn1. The second-order valence-corrected chi connectivity index (χ2v) is 4.39. The fraction of sp³-hybridized carbons (Fsp3) is 0.714. The Kier molecular flexibility index (Phi) is 8.13. The van der Waals surface area contributed by atoms with Gasteiger partial charge in [-0.25, -0.2) is 9.97 Å². The van der Waals surface area contributed by atoms with Crippen LogP contribution in [0.2, 0.25) is 0 Å². The van der Waals surface area contributed by atoms with E-state index in [0.717, 1.165) is 57.0 Å². The van der Waals surface area contributed by atoms with E-state index in [0.29, 0.717) is 0 Å². The maximum absolute atomic E-state index is 5.50. The van der Waals surface area contributed by atoms with E-state index in [9.17, 15) is 0 Å². The summed E-state index contributed by atoms with van der Waals surface area (Å²) in [6, 6.07) is 2.03. The average Bonchev–Trinajstić information content (AvgIpc) is 2.39. The monoisotopic (exact) mass is 251 g/mol. The van der Waals surface area contributed by atoms with Crippen molar-refractivity contribution in [3.8, 4) is 0 Å². The van der Waals surface area contributed by atoms with Crippen molar-refractivity contribution in [2.24, 2.45) is 0 Å². The molecular formula is C14H25N3O. The Balaban J connectivity index is 2.13. The van der Waals surface area contributed by atoms with E-state index >= 15 is 0 Å². The molecule has 4 nitrogen and oxygen atoms in total. The molecule has 0 aliphatic rings.